The summed E-state index contributed by atoms with van der Waals surface area (Å²) in [5, 5.41) is 0. The largest absolute Gasteiger partial charge is 0.294 e. The van der Waals surface area contributed by atoms with Crippen molar-refractivity contribution in [3.63, 3.8) is 0 Å². The van der Waals surface area contributed by atoms with Gasteiger partial charge in [0.25, 0.3) is 0 Å². The van der Waals surface area contributed by atoms with Crippen molar-refractivity contribution in [2.24, 2.45) is 0 Å². The van der Waals surface area contributed by atoms with Gasteiger partial charge in [0.05, 0.1) is 0 Å². The lowest BCUT2D eigenvalue weighted by atomic mass is 9.93. The summed E-state index contributed by atoms with van der Waals surface area (Å²) in [5.74, 6) is 0.182. The molecule has 2 aromatic carbocycles. The maximum Gasteiger partial charge on any atom is 0.167 e. The van der Waals surface area contributed by atoms with E-state index in [1.165, 1.54) is 5.56 Å². The second-order valence-electron chi connectivity index (χ2n) is 4.97. The summed E-state index contributed by atoms with van der Waals surface area (Å²) in [5.41, 5.74) is 5.23. The van der Waals surface area contributed by atoms with Crippen LogP contribution < -0.4 is 0 Å². The average Bonchev–Trinajstić information content (AvgIpc) is 2.30. The molecule has 0 amide bonds. The predicted octanol–water partition coefficient (Wildman–Crippen LogP) is 4.80. The van der Waals surface area contributed by atoms with E-state index in [0.717, 1.165) is 26.7 Å². The molecule has 0 fully saturated rings. The number of aryl methyl sites for hydroxylation is 3. The lowest BCUT2D eigenvalue weighted by molar-refractivity contribution is 0.0991. The predicted molar refractivity (Wildman–Crippen MR) is 82.8 cm³/mol. The molecular formula is C17H17BrO. The Morgan fingerprint density at radius 2 is 1.63 bits per heavy atom. The first-order chi connectivity index (χ1) is 8.99. The molecule has 98 valence electrons. The van der Waals surface area contributed by atoms with E-state index in [1.54, 1.807) is 0 Å². The van der Waals surface area contributed by atoms with Gasteiger partial charge in [-0.25, -0.2) is 0 Å². The molecule has 0 bridgehead atoms. The van der Waals surface area contributed by atoms with Crippen molar-refractivity contribution in [1.29, 1.82) is 0 Å². The highest BCUT2D eigenvalue weighted by molar-refractivity contribution is 9.10. The monoisotopic (exact) mass is 316 g/mol. The average molecular weight is 317 g/mol. The molecule has 0 saturated heterocycles. The third-order valence-electron chi connectivity index (χ3n) is 3.26. The minimum Gasteiger partial charge on any atom is -0.294 e. The van der Waals surface area contributed by atoms with Crippen LogP contribution in [0.3, 0.4) is 0 Å². The zero-order valence-electron chi connectivity index (χ0n) is 11.5. The van der Waals surface area contributed by atoms with Gasteiger partial charge >= 0.3 is 0 Å². The summed E-state index contributed by atoms with van der Waals surface area (Å²) in [4.78, 5) is 12.5. The van der Waals surface area contributed by atoms with Crippen molar-refractivity contribution in [2.75, 3.05) is 0 Å². The molecule has 0 atom stereocenters. The minimum absolute atomic E-state index is 0.182. The quantitative estimate of drug-likeness (QED) is 0.743. The van der Waals surface area contributed by atoms with E-state index in [9.17, 15) is 4.79 Å². The molecule has 0 radical (unpaired) electrons. The molecule has 2 rings (SSSR count). The second-order valence-corrected chi connectivity index (χ2v) is 5.82. The van der Waals surface area contributed by atoms with Gasteiger partial charge in [-0.05, 0) is 43.5 Å². The Hall–Kier alpha value is -1.41. The van der Waals surface area contributed by atoms with Crippen molar-refractivity contribution in [3.8, 4) is 0 Å². The van der Waals surface area contributed by atoms with Gasteiger partial charge in [0.1, 0.15) is 0 Å². The number of carbonyl (C=O) groups is 1. The lowest BCUT2D eigenvalue weighted by Gasteiger charge is -2.11. The van der Waals surface area contributed by atoms with Crippen molar-refractivity contribution in [2.45, 2.75) is 27.2 Å². The summed E-state index contributed by atoms with van der Waals surface area (Å²) in [6.07, 6.45) is 0.437. The van der Waals surface area contributed by atoms with Crippen molar-refractivity contribution < 1.29 is 4.79 Å². The van der Waals surface area contributed by atoms with Gasteiger partial charge in [-0.15, -0.1) is 0 Å². The molecule has 1 nitrogen and oxygen atoms in total. The highest BCUT2D eigenvalue weighted by Gasteiger charge is 2.14. The lowest BCUT2D eigenvalue weighted by Crippen LogP contribution is -2.08. The van der Waals surface area contributed by atoms with E-state index in [2.05, 4.69) is 35.0 Å². The molecule has 0 saturated carbocycles. The van der Waals surface area contributed by atoms with E-state index in [4.69, 9.17) is 0 Å². The maximum atomic E-state index is 12.5. The number of Topliss-reactive ketones (excluding diaryl/α,β-unsaturated/α-hetero) is 1. The molecule has 0 aliphatic carbocycles. The Kier molecular flexibility index (Phi) is 4.20. The first kappa shape index (κ1) is 14.0. The first-order valence-corrected chi connectivity index (χ1v) is 7.13. The van der Waals surface area contributed by atoms with Crippen LogP contribution in [0.1, 0.15) is 32.6 Å². The number of ketones is 1. The van der Waals surface area contributed by atoms with Crippen LogP contribution in [0.5, 0.6) is 0 Å². The smallest absolute Gasteiger partial charge is 0.167 e. The Bertz CT molecular complexity index is 606. The molecule has 2 aromatic rings. The molecule has 0 unspecified atom stereocenters. The van der Waals surface area contributed by atoms with Gasteiger partial charge in [-0.2, -0.15) is 0 Å². The maximum absolute atomic E-state index is 12.5. The summed E-state index contributed by atoms with van der Waals surface area (Å²) < 4.78 is 0.991. The number of halogens is 1. The molecule has 0 aromatic heterocycles. The van der Waals surface area contributed by atoms with E-state index < -0.39 is 0 Å². The molecule has 0 aliphatic heterocycles. The Balaban J connectivity index is 2.34. The molecule has 2 heteroatoms. The number of carbonyl (C=O) groups excluding carboxylic acids is 1. The van der Waals surface area contributed by atoms with Gasteiger partial charge < -0.3 is 0 Å². The summed E-state index contributed by atoms with van der Waals surface area (Å²) in [6.45, 7) is 6.07. The van der Waals surface area contributed by atoms with Crippen LogP contribution in [0.25, 0.3) is 0 Å². The first-order valence-electron chi connectivity index (χ1n) is 6.33. The fourth-order valence-corrected chi connectivity index (χ4v) is 2.95. The highest BCUT2D eigenvalue weighted by Crippen LogP contribution is 2.22. The topological polar surface area (TPSA) is 17.1 Å². The van der Waals surface area contributed by atoms with Crippen LogP contribution in [-0.2, 0) is 6.42 Å². The molecular weight excluding hydrogens is 300 g/mol. The molecule has 19 heavy (non-hydrogen) atoms. The minimum atomic E-state index is 0.182. The number of hydrogen-bond acceptors (Lipinski definition) is 1. The van der Waals surface area contributed by atoms with Gasteiger partial charge in [-0.1, -0.05) is 51.8 Å². The molecule has 0 N–H and O–H groups in total. The van der Waals surface area contributed by atoms with Crippen LogP contribution in [0.4, 0.5) is 0 Å². The van der Waals surface area contributed by atoms with E-state index in [0.29, 0.717) is 6.42 Å². The van der Waals surface area contributed by atoms with Crippen LogP contribution in [-0.4, -0.2) is 5.78 Å². The summed E-state index contributed by atoms with van der Waals surface area (Å²) in [7, 11) is 0. The van der Waals surface area contributed by atoms with Crippen molar-refractivity contribution in [3.05, 3.63) is 68.7 Å². The Morgan fingerprint density at radius 1 is 1.05 bits per heavy atom. The number of rotatable bonds is 3. The highest BCUT2D eigenvalue weighted by atomic mass is 79.9. The van der Waals surface area contributed by atoms with E-state index in [1.807, 2.05) is 38.1 Å². The molecule has 0 aliphatic rings. The fraction of sp³-hybridized carbons (Fsp3) is 0.235. The summed E-state index contributed by atoms with van der Waals surface area (Å²) >= 11 is 3.49. The van der Waals surface area contributed by atoms with Crippen LogP contribution >= 0.6 is 15.9 Å². The Labute approximate surface area is 122 Å². The number of hydrogen-bond donors (Lipinski definition) is 0. The van der Waals surface area contributed by atoms with Crippen LogP contribution in [0.2, 0.25) is 0 Å². The van der Waals surface area contributed by atoms with E-state index in [-0.39, 0.29) is 5.78 Å². The normalized spacial score (nSPS) is 10.5. The van der Waals surface area contributed by atoms with Crippen molar-refractivity contribution in [1.82, 2.24) is 0 Å². The SMILES string of the molecule is Cc1cc(C)c(C(=O)Cc2ccccc2Br)c(C)c1. The molecule has 0 heterocycles. The Morgan fingerprint density at radius 3 is 2.21 bits per heavy atom. The second kappa shape index (κ2) is 5.70. The van der Waals surface area contributed by atoms with Crippen LogP contribution in [0, 0.1) is 20.8 Å². The number of benzene rings is 2. The fourth-order valence-electron chi connectivity index (χ4n) is 2.52. The van der Waals surface area contributed by atoms with E-state index >= 15 is 0 Å². The van der Waals surface area contributed by atoms with Gasteiger partial charge in [0.2, 0.25) is 0 Å². The molecule has 0 spiro atoms. The van der Waals surface area contributed by atoms with Crippen LogP contribution in [0.15, 0.2) is 40.9 Å². The van der Waals surface area contributed by atoms with Gasteiger partial charge in [0, 0.05) is 16.5 Å². The zero-order valence-corrected chi connectivity index (χ0v) is 13.0. The standard InChI is InChI=1S/C17H17BrO/c1-11-8-12(2)17(13(3)9-11)16(19)10-14-6-4-5-7-15(14)18/h4-9H,10H2,1-3H3. The van der Waals surface area contributed by atoms with Gasteiger partial charge in [0.15, 0.2) is 5.78 Å². The van der Waals surface area contributed by atoms with Crippen molar-refractivity contribution >= 4 is 21.7 Å². The summed E-state index contributed by atoms with van der Waals surface area (Å²) in [6, 6.07) is 12.0. The third kappa shape index (κ3) is 3.13. The third-order valence-corrected chi connectivity index (χ3v) is 4.04. The zero-order chi connectivity index (χ0) is 14.0. The van der Waals surface area contributed by atoms with Gasteiger partial charge in [-0.3, -0.25) is 4.79 Å².